The van der Waals surface area contributed by atoms with Crippen LogP contribution < -0.4 is 15.4 Å². The van der Waals surface area contributed by atoms with Crippen molar-refractivity contribution in [1.82, 2.24) is 15.5 Å². The van der Waals surface area contributed by atoms with Gasteiger partial charge in [0.15, 0.2) is 5.96 Å². The summed E-state index contributed by atoms with van der Waals surface area (Å²) in [5.41, 5.74) is 2.57. The third-order valence-electron chi connectivity index (χ3n) is 5.12. The zero-order chi connectivity index (χ0) is 19.1. The van der Waals surface area contributed by atoms with Crippen molar-refractivity contribution < 1.29 is 4.74 Å². The third kappa shape index (κ3) is 6.38. The number of benzene rings is 2. The third-order valence-corrected chi connectivity index (χ3v) is 5.12. The van der Waals surface area contributed by atoms with E-state index in [-0.39, 0.29) is 24.0 Å². The van der Waals surface area contributed by atoms with E-state index < -0.39 is 0 Å². The molecule has 0 radical (unpaired) electrons. The van der Waals surface area contributed by atoms with Crippen LogP contribution in [0.4, 0.5) is 0 Å². The van der Waals surface area contributed by atoms with Crippen molar-refractivity contribution in [2.24, 2.45) is 4.99 Å². The molecular weight excluding hydrogens is 463 g/mol. The molecule has 0 aliphatic carbocycles. The van der Waals surface area contributed by atoms with Crippen LogP contribution in [-0.4, -0.2) is 43.6 Å². The van der Waals surface area contributed by atoms with Crippen LogP contribution in [-0.2, 0) is 13.1 Å². The Morgan fingerprint density at radius 1 is 1.11 bits per heavy atom. The number of guanidine groups is 1. The molecule has 1 saturated heterocycles. The van der Waals surface area contributed by atoms with Crippen molar-refractivity contribution in [3.63, 3.8) is 0 Å². The van der Waals surface area contributed by atoms with Crippen LogP contribution in [0.2, 0.25) is 0 Å². The first-order valence-corrected chi connectivity index (χ1v) is 9.56. The largest absolute Gasteiger partial charge is 0.497 e. The minimum atomic E-state index is 0. The van der Waals surface area contributed by atoms with Crippen LogP contribution >= 0.6 is 24.0 Å². The molecule has 5 nitrogen and oxygen atoms in total. The van der Waals surface area contributed by atoms with Crippen molar-refractivity contribution >= 4 is 29.9 Å². The fourth-order valence-electron chi connectivity index (χ4n) is 3.56. The molecule has 1 aliphatic heterocycles. The molecule has 0 bridgehead atoms. The van der Waals surface area contributed by atoms with Gasteiger partial charge in [0.05, 0.1) is 7.11 Å². The molecular formula is C22H31IN4O. The van der Waals surface area contributed by atoms with E-state index in [0.29, 0.717) is 12.1 Å². The summed E-state index contributed by atoms with van der Waals surface area (Å²) in [7, 11) is 3.51. The van der Waals surface area contributed by atoms with Crippen molar-refractivity contribution in [1.29, 1.82) is 0 Å². The topological polar surface area (TPSA) is 48.9 Å². The van der Waals surface area contributed by atoms with Crippen LogP contribution in [0.1, 0.15) is 24.5 Å². The van der Waals surface area contributed by atoms with E-state index in [1.54, 1.807) is 7.11 Å². The van der Waals surface area contributed by atoms with Gasteiger partial charge < -0.3 is 15.4 Å². The maximum atomic E-state index is 5.21. The number of nitrogens with one attached hydrogen (secondary N) is 2. The number of ether oxygens (including phenoxy) is 1. The van der Waals surface area contributed by atoms with E-state index in [1.807, 2.05) is 19.2 Å². The highest BCUT2D eigenvalue weighted by Crippen LogP contribution is 2.20. The summed E-state index contributed by atoms with van der Waals surface area (Å²) in [6.07, 6.45) is 1.12. The maximum Gasteiger partial charge on any atom is 0.191 e. The Morgan fingerprint density at radius 2 is 1.82 bits per heavy atom. The Bertz CT molecular complexity index is 736. The number of nitrogens with zero attached hydrogens (tertiary/aromatic N) is 2. The number of aliphatic imine (C=N–C) groups is 1. The molecule has 1 fully saturated rings. The van der Waals surface area contributed by atoms with E-state index >= 15 is 0 Å². The van der Waals surface area contributed by atoms with E-state index in [0.717, 1.165) is 37.8 Å². The van der Waals surface area contributed by atoms with Gasteiger partial charge in [-0.05, 0) is 36.6 Å². The van der Waals surface area contributed by atoms with Gasteiger partial charge in [0.25, 0.3) is 0 Å². The lowest BCUT2D eigenvalue weighted by Gasteiger charge is -2.21. The molecule has 0 spiro atoms. The van der Waals surface area contributed by atoms with Crippen molar-refractivity contribution in [2.45, 2.75) is 38.5 Å². The molecule has 2 aromatic rings. The summed E-state index contributed by atoms with van der Waals surface area (Å²) in [5, 5.41) is 6.99. The average molecular weight is 494 g/mol. The van der Waals surface area contributed by atoms with Gasteiger partial charge in [-0.15, -0.1) is 24.0 Å². The zero-order valence-corrected chi connectivity index (χ0v) is 19.2. The Kier molecular flexibility index (Phi) is 9.05. The molecule has 2 aromatic carbocycles. The monoisotopic (exact) mass is 494 g/mol. The van der Waals surface area contributed by atoms with Gasteiger partial charge in [-0.25, -0.2) is 0 Å². The lowest BCUT2D eigenvalue weighted by molar-refractivity contribution is 0.258. The second kappa shape index (κ2) is 11.3. The lowest BCUT2D eigenvalue weighted by atomic mass is 10.2. The van der Waals surface area contributed by atoms with Gasteiger partial charge in [-0.3, -0.25) is 9.89 Å². The molecule has 0 amide bonds. The Balaban J connectivity index is 0.00000280. The van der Waals surface area contributed by atoms with Crippen LogP contribution in [0.15, 0.2) is 59.6 Å². The summed E-state index contributed by atoms with van der Waals surface area (Å²) in [4.78, 5) is 6.92. The molecule has 28 heavy (non-hydrogen) atoms. The number of hydrogen-bond acceptors (Lipinski definition) is 3. The van der Waals surface area contributed by atoms with Gasteiger partial charge in [0.2, 0.25) is 0 Å². The van der Waals surface area contributed by atoms with E-state index in [2.05, 4.69) is 69.9 Å². The smallest absolute Gasteiger partial charge is 0.191 e. The molecule has 1 aliphatic rings. The first-order valence-electron chi connectivity index (χ1n) is 9.56. The number of likely N-dealkylation sites (tertiary alicyclic amines) is 1. The van der Waals surface area contributed by atoms with E-state index in [1.165, 1.54) is 11.1 Å². The molecule has 0 aromatic heterocycles. The van der Waals surface area contributed by atoms with Gasteiger partial charge in [-0.2, -0.15) is 0 Å². The molecule has 2 unspecified atom stereocenters. The molecule has 1 heterocycles. The van der Waals surface area contributed by atoms with Crippen molar-refractivity contribution in [3.8, 4) is 5.75 Å². The van der Waals surface area contributed by atoms with Crippen LogP contribution in [0, 0.1) is 0 Å². The highest BCUT2D eigenvalue weighted by atomic mass is 127. The van der Waals surface area contributed by atoms with E-state index in [9.17, 15) is 0 Å². The van der Waals surface area contributed by atoms with Crippen LogP contribution in [0.25, 0.3) is 0 Å². The second-order valence-corrected chi connectivity index (χ2v) is 7.11. The fourth-order valence-corrected chi connectivity index (χ4v) is 3.56. The van der Waals surface area contributed by atoms with E-state index in [4.69, 9.17) is 4.74 Å². The summed E-state index contributed by atoms with van der Waals surface area (Å²) < 4.78 is 5.21. The summed E-state index contributed by atoms with van der Waals surface area (Å²) in [6.45, 7) is 5.06. The number of halogens is 1. The first-order chi connectivity index (χ1) is 13.2. The minimum absolute atomic E-state index is 0. The fraction of sp³-hybridized carbons (Fsp3) is 0.409. The number of rotatable bonds is 6. The SMILES string of the molecule is CN=C(NCc1ccc(OC)cc1)NC1CC(C)N(Cc2ccccc2)C1.I. The predicted molar refractivity (Wildman–Crippen MR) is 126 cm³/mol. The summed E-state index contributed by atoms with van der Waals surface area (Å²) in [6, 6.07) is 19.7. The normalized spacial score (nSPS) is 19.8. The second-order valence-electron chi connectivity index (χ2n) is 7.11. The first kappa shape index (κ1) is 22.5. The molecule has 152 valence electrons. The Hall–Kier alpha value is -1.80. The van der Waals surface area contributed by atoms with Gasteiger partial charge in [0, 0.05) is 38.8 Å². The van der Waals surface area contributed by atoms with Crippen molar-refractivity contribution in [3.05, 3.63) is 65.7 Å². The van der Waals surface area contributed by atoms with Gasteiger partial charge in [0.1, 0.15) is 5.75 Å². The summed E-state index contributed by atoms with van der Waals surface area (Å²) in [5.74, 6) is 1.73. The molecule has 0 saturated carbocycles. The predicted octanol–water partition coefficient (Wildman–Crippen LogP) is 3.64. The Labute approximate surface area is 185 Å². The molecule has 6 heteroatoms. The number of methoxy groups -OCH3 is 1. The highest BCUT2D eigenvalue weighted by molar-refractivity contribution is 14.0. The number of hydrogen-bond donors (Lipinski definition) is 2. The summed E-state index contributed by atoms with van der Waals surface area (Å²) >= 11 is 0. The standard InChI is InChI=1S/C22H30N4O.HI/c1-17-13-20(16-26(17)15-19-7-5-4-6-8-19)25-22(23-2)24-14-18-9-11-21(27-3)12-10-18;/h4-12,17,20H,13-16H2,1-3H3,(H2,23,24,25);1H. The minimum Gasteiger partial charge on any atom is -0.497 e. The van der Waals surface area contributed by atoms with Gasteiger partial charge in [-0.1, -0.05) is 42.5 Å². The molecule has 3 rings (SSSR count). The lowest BCUT2D eigenvalue weighted by Crippen LogP contribution is -2.44. The van der Waals surface area contributed by atoms with Crippen LogP contribution in [0.3, 0.4) is 0 Å². The molecule has 2 atom stereocenters. The van der Waals surface area contributed by atoms with Crippen molar-refractivity contribution in [2.75, 3.05) is 20.7 Å². The maximum absolute atomic E-state index is 5.21. The van der Waals surface area contributed by atoms with Gasteiger partial charge >= 0.3 is 0 Å². The quantitative estimate of drug-likeness (QED) is 0.366. The Morgan fingerprint density at radius 3 is 2.46 bits per heavy atom. The highest BCUT2D eigenvalue weighted by Gasteiger charge is 2.29. The average Bonchev–Trinajstić information content (AvgIpc) is 3.05. The van der Waals surface area contributed by atoms with Crippen LogP contribution in [0.5, 0.6) is 5.75 Å². The molecule has 2 N–H and O–H groups in total. The zero-order valence-electron chi connectivity index (χ0n) is 16.9.